The molecule has 7 heteroatoms. The Balaban J connectivity index is 1.23. The van der Waals surface area contributed by atoms with E-state index in [9.17, 15) is 4.79 Å². The zero-order valence-electron chi connectivity index (χ0n) is 17.8. The van der Waals surface area contributed by atoms with Crippen LogP contribution in [0.2, 0.25) is 0 Å². The van der Waals surface area contributed by atoms with Crippen LogP contribution in [0.25, 0.3) is 16.3 Å². The average Bonchev–Trinajstić information content (AvgIpc) is 3.24. The summed E-state index contributed by atoms with van der Waals surface area (Å²) in [5.41, 5.74) is 1.98. The lowest BCUT2D eigenvalue weighted by Crippen LogP contribution is -2.48. The molecule has 1 aromatic heterocycles. The summed E-state index contributed by atoms with van der Waals surface area (Å²) >= 11 is 1.72. The van der Waals surface area contributed by atoms with Gasteiger partial charge < -0.3 is 15.0 Å². The maximum absolute atomic E-state index is 12.0. The van der Waals surface area contributed by atoms with Crippen LogP contribution < -0.4 is 15.0 Å². The van der Waals surface area contributed by atoms with E-state index < -0.39 is 0 Å². The van der Waals surface area contributed by atoms with Crippen LogP contribution >= 0.6 is 11.3 Å². The molecule has 4 rings (SSSR count). The Morgan fingerprint density at radius 1 is 1.13 bits per heavy atom. The third-order valence-corrected chi connectivity index (χ3v) is 6.35. The van der Waals surface area contributed by atoms with E-state index in [0.29, 0.717) is 13.2 Å². The van der Waals surface area contributed by atoms with Crippen molar-refractivity contribution in [3.8, 4) is 5.75 Å². The van der Waals surface area contributed by atoms with E-state index in [-0.39, 0.29) is 5.91 Å². The predicted molar refractivity (Wildman–Crippen MR) is 128 cm³/mol. The van der Waals surface area contributed by atoms with Crippen LogP contribution in [0, 0.1) is 0 Å². The van der Waals surface area contributed by atoms with E-state index in [4.69, 9.17) is 9.72 Å². The number of ether oxygens (including phenoxy) is 1. The lowest BCUT2D eigenvalue weighted by atomic mass is 10.2. The molecule has 1 amide bonds. The molecule has 162 valence electrons. The number of anilines is 1. The Bertz CT molecular complexity index is 1030. The van der Waals surface area contributed by atoms with Crippen molar-refractivity contribution < 1.29 is 9.53 Å². The maximum atomic E-state index is 12.0. The number of fused-ring (bicyclic) bond motifs is 1. The first kappa shape index (κ1) is 21.3. The summed E-state index contributed by atoms with van der Waals surface area (Å²) in [6.07, 6.45) is 3.43. The van der Waals surface area contributed by atoms with Crippen molar-refractivity contribution in [1.29, 1.82) is 0 Å². The molecule has 1 fully saturated rings. The third kappa shape index (κ3) is 5.62. The number of rotatable bonds is 8. The van der Waals surface area contributed by atoms with Crippen LogP contribution in [0.3, 0.4) is 0 Å². The fourth-order valence-corrected chi connectivity index (χ4v) is 4.65. The number of hydrogen-bond acceptors (Lipinski definition) is 6. The number of nitrogens with one attached hydrogen (secondary N) is 1. The summed E-state index contributed by atoms with van der Waals surface area (Å²) < 4.78 is 6.88. The molecule has 0 spiro atoms. The van der Waals surface area contributed by atoms with Crippen LogP contribution in [-0.4, -0.2) is 61.7 Å². The number of nitrogens with zero attached hydrogens (tertiary/aromatic N) is 3. The summed E-state index contributed by atoms with van der Waals surface area (Å²) in [5.74, 6) is 0.806. The van der Waals surface area contributed by atoms with Crippen molar-refractivity contribution in [3.05, 3.63) is 60.2 Å². The second kappa shape index (κ2) is 10.4. The van der Waals surface area contributed by atoms with Gasteiger partial charge >= 0.3 is 0 Å². The number of piperazine rings is 1. The van der Waals surface area contributed by atoms with Crippen molar-refractivity contribution in [3.63, 3.8) is 0 Å². The zero-order chi connectivity index (χ0) is 21.5. The maximum Gasteiger partial charge on any atom is 0.244 e. The highest BCUT2D eigenvalue weighted by Crippen LogP contribution is 2.34. The van der Waals surface area contributed by atoms with Crippen LogP contribution in [-0.2, 0) is 4.79 Å². The van der Waals surface area contributed by atoms with E-state index in [1.165, 1.54) is 0 Å². The third-order valence-electron chi connectivity index (χ3n) is 5.27. The summed E-state index contributed by atoms with van der Waals surface area (Å²) in [7, 11) is 0. The van der Waals surface area contributed by atoms with Crippen LogP contribution in [0.5, 0.6) is 5.75 Å². The Kier molecular flexibility index (Phi) is 7.17. The molecule has 0 radical (unpaired) electrons. The molecule has 1 saturated heterocycles. The lowest BCUT2D eigenvalue weighted by molar-refractivity contribution is -0.116. The highest BCUT2D eigenvalue weighted by molar-refractivity contribution is 7.22. The monoisotopic (exact) mass is 436 g/mol. The zero-order valence-corrected chi connectivity index (χ0v) is 18.6. The van der Waals surface area contributed by atoms with Gasteiger partial charge in [-0.15, -0.1) is 0 Å². The van der Waals surface area contributed by atoms with E-state index in [2.05, 4.69) is 21.2 Å². The molecular weight excluding hydrogens is 408 g/mol. The molecule has 31 heavy (non-hydrogen) atoms. The van der Waals surface area contributed by atoms with Crippen LogP contribution in [0.1, 0.15) is 12.5 Å². The van der Waals surface area contributed by atoms with Crippen molar-refractivity contribution >= 4 is 38.7 Å². The molecule has 1 aliphatic rings. The van der Waals surface area contributed by atoms with E-state index in [1.807, 2.05) is 55.5 Å². The first-order valence-electron chi connectivity index (χ1n) is 10.7. The van der Waals surface area contributed by atoms with E-state index >= 15 is 0 Å². The van der Waals surface area contributed by atoms with Crippen molar-refractivity contribution in [2.24, 2.45) is 0 Å². The molecule has 0 aliphatic carbocycles. The topological polar surface area (TPSA) is 57.7 Å². The minimum atomic E-state index is -0.0536. The predicted octanol–water partition coefficient (Wildman–Crippen LogP) is 3.65. The number of benzene rings is 2. The lowest BCUT2D eigenvalue weighted by Gasteiger charge is -2.34. The first-order valence-corrected chi connectivity index (χ1v) is 11.5. The van der Waals surface area contributed by atoms with Gasteiger partial charge in [-0.25, -0.2) is 4.98 Å². The van der Waals surface area contributed by atoms with Gasteiger partial charge in [0.2, 0.25) is 5.91 Å². The summed E-state index contributed by atoms with van der Waals surface area (Å²) in [6, 6.07) is 16.0. The van der Waals surface area contributed by atoms with E-state index in [0.717, 1.165) is 59.4 Å². The van der Waals surface area contributed by atoms with Crippen molar-refractivity contribution in [2.75, 3.05) is 50.8 Å². The largest absolute Gasteiger partial charge is 0.492 e. The Labute approximate surface area is 187 Å². The molecule has 0 unspecified atom stereocenters. The van der Waals surface area contributed by atoms with Gasteiger partial charge in [0, 0.05) is 45.3 Å². The number of amides is 1. The Hall–Kier alpha value is -2.90. The summed E-state index contributed by atoms with van der Waals surface area (Å²) in [6.45, 7) is 7.94. The van der Waals surface area contributed by atoms with Gasteiger partial charge in [-0.05, 0) is 30.7 Å². The summed E-state index contributed by atoms with van der Waals surface area (Å²) in [5, 5.41) is 4.03. The first-order chi connectivity index (χ1) is 15.2. The van der Waals surface area contributed by atoms with Gasteiger partial charge in [-0.2, -0.15) is 0 Å². The Morgan fingerprint density at radius 2 is 1.94 bits per heavy atom. The highest BCUT2D eigenvalue weighted by Gasteiger charge is 2.20. The second-order valence-corrected chi connectivity index (χ2v) is 8.41. The minimum Gasteiger partial charge on any atom is -0.492 e. The molecule has 1 aliphatic heterocycles. The second-order valence-electron chi connectivity index (χ2n) is 7.40. The normalized spacial score (nSPS) is 14.9. The van der Waals surface area contributed by atoms with Gasteiger partial charge in [-0.1, -0.05) is 47.7 Å². The van der Waals surface area contributed by atoms with Crippen LogP contribution in [0.4, 0.5) is 5.13 Å². The van der Waals surface area contributed by atoms with Gasteiger partial charge in [0.1, 0.15) is 11.3 Å². The van der Waals surface area contributed by atoms with Gasteiger partial charge in [0.05, 0.1) is 11.3 Å². The molecule has 2 heterocycles. The standard InChI is InChI=1S/C24H28N4O2S/c1-2-30-20-9-6-10-21-23(20)26-24(31-21)28-17-15-27(16-18-28)14-13-25-22(29)12-11-19-7-4-3-5-8-19/h3-12H,2,13-18H2,1H3,(H,25,29)/b12-11+. The highest BCUT2D eigenvalue weighted by atomic mass is 32.1. The number of thiazole rings is 1. The molecule has 3 aromatic rings. The number of para-hydroxylation sites is 1. The molecule has 6 nitrogen and oxygen atoms in total. The minimum absolute atomic E-state index is 0.0536. The van der Waals surface area contributed by atoms with E-state index in [1.54, 1.807) is 17.4 Å². The molecule has 0 atom stereocenters. The fraction of sp³-hybridized carbons (Fsp3) is 0.333. The quantitative estimate of drug-likeness (QED) is 0.547. The number of carbonyl (C=O) groups is 1. The SMILES string of the molecule is CCOc1cccc2sc(N3CCN(CCNC(=O)/C=C/c4ccccc4)CC3)nc12. The molecule has 2 aromatic carbocycles. The molecule has 0 saturated carbocycles. The van der Waals surface area contributed by atoms with Crippen molar-refractivity contribution in [2.45, 2.75) is 6.92 Å². The van der Waals surface area contributed by atoms with Gasteiger partial charge in [-0.3, -0.25) is 9.69 Å². The molecular formula is C24H28N4O2S. The van der Waals surface area contributed by atoms with Gasteiger partial charge in [0.25, 0.3) is 0 Å². The van der Waals surface area contributed by atoms with Crippen LogP contribution in [0.15, 0.2) is 54.6 Å². The number of carbonyl (C=O) groups excluding carboxylic acids is 1. The fourth-order valence-electron chi connectivity index (χ4n) is 3.61. The summed E-state index contributed by atoms with van der Waals surface area (Å²) in [4.78, 5) is 21.6. The smallest absolute Gasteiger partial charge is 0.244 e. The average molecular weight is 437 g/mol. The van der Waals surface area contributed by atoms with Gasteiger partial charge in [0.15, 0.2) is 5.13 Å². The number of aromatic nitrogens is 1. The molecule has 0 bridgehead atoms. The Morgan fingerprint density at radius 3 is 2.71 bits per heavy atom. The number of hydrogen-bond donors (Lipinski definition) is 1. The molecule has 1 N–H and O–H groups in total. The van der Waals surface area contributed by atoms with Crippen molar-refractivity contribution in [1.82, 2.24) is 15.2 Å².